The third-order valence-electron chi connectivity index (χ3n) is 2.89. The number of benzene rings is 1. The molecule has 2 rings (SSSR count). The Bertz CT molecular complexity index is 389. The zero-order chi connectivity index (χ0) is 12.1. The molecule has 3 nitrogen and oxygen atoms in total. The fourth-order valence-corrected chi connectivity index (χ4v) is 2.05. The van der Waals surface area contributed by atoms with Crippen molar-refractivity contribution in [1.82, 2.24) is 5.32 Å². The number of hydrogen-bond acceptors (Lipinski definition) is 2. The molecule has 4 heteroatoms. The zero-order valence-corrected chi connectivity index (χ0v) is 9.62. The lowest BCUT2D eigenvalue weighted by molar-refractivity contribution is -0.123. The van der Waals surface area contributed by atoms with Crippen LogP contribution < -0.4 is 10.1 Å². The van der Waals surface area contributed by atoms with Gasteiger partial charge in [-0.1, -0.05) is 18.9 Å². The topological polar surface area (TPSA) is 38.3 Å². The summed E-state index contributed by atoms with van der Waals surface area (Å²) in [6.07, 6.45) is 4.45. The Morgan fingerprint density at radius 1 is 1.41 bits per heavy atom. The molecule has 0 saturated heterocycles. The standard InChI is InChI=1S/C13H16FNO2/c14-10-4-3-7-12(8-10)17-9-13(16)15-11-5-1-2-6-11/h3-4,7-8,11H,1-2,5-6,9H2,(H,15,16). The highest BCUT2D eigenvalue weighted by Gasteiger charge is 2.17. The van der Waals surface area contributed by atoms with Gasteiger partial charge in [-0.05, 0) is 25.0 Å². The molecule has 0 heterocycles. The van der Waals surface area contributed by atoms with Crippen LogP contribution >= 0.6 is 0 Å². The normalized spacial score (nSPS) is 15.8. The summed E-state index contributed by atoms with van der Waals surface area (Å²) in [6.45, 7) is -0.0556. The Labute approximate surface area is 100.0 Å². The first kappa shape index (κ1) is 11.9. The van der Waals surface area contributed by atoms with E-state index in [4.69, 9.17) is 4.74 Å². The summed E-state index contributed by atoms with van der Waals surface area (Å²) in [4.78, 5) is 11.5. The van der Waals surface area contributed by atoms with Crippen LogP contribution in [0.2, 0.25) is 0 Å². The summed E-state index contributed by atoms with van der Waals surface area (Å²) in [7, 11) is 0. The molecule has 1 aliphatic carbocycles. The predicted octanol–water partition coefficient (Wildman–Crippen LogP) is 2.26. The maximum absolute atomic E-state index is 12.8. The van der Waals surface area contributed by atoms with Crippen LogP contribution in [0, 0.1) is 5.82 Å². The summed E-state index contributed by atoms with van der Waals surface area (Å²) < 4.78 is 18.0. The summed E-state index contributed by atoms with van der Waals surface area (Å²) >= 11 is 0. The maximum Gasteiger partial charge on any atom is 0.258 e. The van der Waals surface area contributed by atoms with Crippen LogP contribution in [0.25, 0.3) is 0 Å². The Morgan fingerprint density at radius 3 is 2.88 bits per heavy atom. The van der Waals surface area contributed by atoms with Crippen molar-refractivity contribution in [3.8, 4) is 5.75 Å². The molecule has 92 valence electrons. The Balaban J connectivity index is 1.75. The van der Waals surface area contributed by atoms with Gasteiger partial charge in [-0.3, -0.25) is 4.79 Å². The molecule has 1 aromatic carbocycles. The molecule has 0 radical (unpaired) electrons. The minimum Gasteiger partial charge on any atom is -0.484 e. The number of nitrogens with one attached hydrogen (secondary N) is 1. The van der Waals surface area contributed by atoms with Crippen molar-refractivity contribution in [1.29, 1.82) is 0 Å². The van der Waals surface area contributed by atoms with Crippen LogP contribution in [0.15, 0.2) is 24.3 Å². The molecular weight excluding hydrogens is 221 g/mol. The second-order valence-electron chi connectivity index (χ2n) is 4.29. The van der Waals surface area contributed by atoms with E-state index in [0.29, 0.717) is 11.8 Å². The molecule has 1 aliphatic rings. The van der Waals surface area contributed by atoms with Crippen molar-refractivity contribution in [3.05, 3.63) is 30.1 Å². The lowest BCUT2D eigenvalue weighted by atomic mass is 10.2. The molecule has 1 saturated carbocycles. The summed E-state index contributed by atoms with van der Waals surface area (Å²) in [5.74, 6) is -0.119. The van der Waals surface area contributed by atoms with Gasteiger partial charge in [0.1, 0.15) is 11.6 Å². The maximum atomic E-state index is 12.8. The van der Waals surface area contributed by atoms with E-state index in [9.17, 15) is 9.18 Å². The highest BCUT2D eigenvalue weighted by molar-refractivity contribution is 5.77. The van der Waals surface area contributed by atoms with Gasteiger partial charge >= 0.3 is 0 Å². The molecule has 0 aromatic heterocycles. The van der Waals surface area contributed by atoms with Gasteiger partial charge in [0.2, 0.25) is 0 Å². The Hall–Kier alpha value is -1.58. The summed E-state index contributed by atoms with van der Waals surface area (Å²) in [6, 6.07) is 6.08. The largest absolute Gasteiger partial charge is 0.484 e. The number of rotatable bonds is 4. The van der Waals surface area contributed by atoms with Gasteiger partial charge in [0.25, 0.3) is 5.91 Å². The lowest BCUT2D eigenvalue weighted by Gasteiger charge is -2.12. The van der Waals surface area contributed by atoms with Gasteiger partial charge in [-0.2, -0.15) is 0 Å². The van der Waals surface area contributed by atoms with E-state index in [0.717, 1.165) is 12.8 Å². The number of amides is 1. The number of carbonyl (C=O) groups excluding carboxylic acids is 1. The van der Waals surface area contributed by atoms with Crippen molar-refractivity contribution in [3.63, 3.8) is 0 Å². The molecular formula is C13H16FNO2. The molecule has 1 N–H and O–H groups in total. The first-order chi connectivity index (χ1) is 8.24. The van der Waals surface area contributed by atoms with Crippen LogP contribution in [-0.2, 0) is 4.79 Å². The number of carbonyl (C=O) groups is 1. The van der Waals surface area contributed by atoms with Crippen LogP contribution in [0.4, 0.5) is 4.39 Å². The highest BCUT2D eigenvalue weighted by atomic mass is 19.1. The minimum absolute atomic E-state index is 0.0556. The molecule has 0 aliphatic heterocycles. The molecule has 1 aromatic rings. The van der Waals surface area contributed by atoms with Crippen molar-refractivity contribution in [2.75, 3.05) is 6.61 Å². The van der Waals surface area contributed by atoms with E-state index in [1.54, 1.807) is 12.1 Å². The average Bonchev–Trinajstić information content (AvgIpc) is 2.79. The smallest absolute Gasteiger partial charge is 0.258 e. The van der Waals surface area contributed by atoms with Crippen molar-refractivity contribution in [2.45, 2.75) is 31.7 Å². The SMILES string of the molecule is O=C(COc1cccc(F)c1)NC1CCCC1. The zero-order valence-electron chi connectivity index (χ0n) is 9.62. The first-order valence-corrected chi connectivity index (χ1v) is 5.92. The van der Waals surface area contributed by atoms with Crippen molar-refractivity contribution in [2.24, 2.45) is 0 Å². The third kappa shape index (κ3) is 3.73. The minimum atomic E-state index is -0.362. The molecule has 1 amide bonds. The fraction of sp³-hybridized carbons (Fsp3) is 0.462. The van der Waals surface area contributed by atoms with Gasteiger partial charge in [0.15, 0.2) is 6.61 Å². The Morgan fingerprint density at radius 2 is 2.18 bits per heavy atom. The van der Waals surface area contributed by atoms with Gasteiger partial charge in [-0.25, -0.2) is 4.39 Å². The second-order valence-corrected chi connectivity index (χ2v) is 4.29. The van der Waals surface area contributed by atoms with Gasteiger partial charge in [0, 0.05) is 12.1 Å². The van der Waals surface area contributed by atoms with Gasteiger partial charge in [-0.15, -0.1) is 0 Å². The number of ether oxygens (including phenoxy) is 1. The summed E-state index contributed by atoms with van der Waals surface area (Å²) in [5.41, 5.74) is 0. The highest BCUT2D eigenvalue weighted by Crippen LogP contribution is 2.17. The average molecular weight is 237 g/mol. The molecule has 0 unspecified atom stereocenters. The van der Waals surface area contributed by atoms with E-state index in [2.05, 4.69) is 5.32 Å². The quantitative estimate of drug-likeness (QED) is 0.872. The van der Waals surface area contributed by atoms with E-state index in [-0.39, 0.29) is 18.3 Å². The molecule has 0 atom stereocenters. The number of halogens is 1. The van der Waals surface area contributed by atoms with Crippen molar-refractivity contribution >= 4 is 5.91 Å². The first-order valence-electron chi connectivity index (χ1n) is 5.92. The molecule has 0 spiro atoms. The van der Waals surface area contributed by atoms with E-state index < -0.39 is 0 Å². The van der Waals surface area contributed by atoms with Crippen LogP contribution in [-0.4, -0.2) is 18.6 Å². The third-order valence-corrected chi connectivity index (χ3v) is 2.89. The molecule has 17 heavy (non-hydrogen) atoms. The van der Waals surface area contributed by atoms with Crippen LogP contribution in [0.3, 0.4) is 0 Å². The monoisotopic (exact) mass is 237 g/mol. The van der Waals surface area contributed by atoms with Crippen LogP contribution in [0.5, 0.6) is 5.75 Å². The second kappa shape index (κ2) is 5.66. The Kier molecular flexibility index (Phi) is 3.96. The lowest BCUT2D eigenvalue weighted by Crippen LogP contribution is -2.36. The molecule has 0 bridgehead atoms. The van der Waals surface area contributed by atoms with Gasteiger partial charge in [0.05, 0.1) is 0 Å². The number of hydrogen-bond donors (Lipinski definition) is 1. The summed E-state index contributed by atoms with van der Waals surface area (Å²) in [5, 5.41) is 2.91. The molecule has 1 fully saturated rings. The predicted molar refractivity (Wildman–Crippen MR) is 62.3 cm³/mol. The van der Waals surface area contributed by atoms with E-state index >= 15 is 0 Å². The van der Waals surface area contributed by atoms with Gasteiger partial charge < -0.3 is 10.1 Å². The fourth-order valence-electron chi connectivity index (χ4n) is 2.05. The van der Waals surface area contributed by atoms with Crippen molar-refractivity contribution < 1.29 is 13.9 Å². The van der Waals surface area contributed by atoms with E-state index in [1.807, 2.05) is 0 Å². The van der Waals surface area contributed by atoms with E-state index in [1.165, 1.54) is 25.0 Å². The van der Waals surface area contributed by atoms with Crippen LogP contribution in [0.1, 0.15) is 25.7 Å².